The van der Waals surface area contributed by atoms with Crippen molar-refractivity contribution in [3.63, 3.8) is 0 Å². The lowest BCUT2D eigenvalue weighted by Gasteiger charge is -2.31. The predicted molar refractivity (Wildman–Crippen MR) is 85.0 cm³/mol. The number of allylic oxidation sites excluding steroid dienone is 1. The fraction of sp³-hybridized carbons (Fsp3) is 0.778. The van der Waals surface area contributed by atoms with Crippen LogP contribution < -0.4 is 0 Å². The summed E-state index contributed by atoms with van der Waals surface area (Å²) >= 11 is 0. The van der Waals surface area contributed by atoms with Crippen LogP contribution in [0.3, 0.4) is 0 Å². The molecular weight excluding hydrogens is 264 g/mol. The zero-order chi connectivity index (χ0) is 15.7. The van der Waals surface area contributed by atoms with Gasteiger partial charge in [0.15, 0.2) is 0 Å². The van der Waals surface area contributed by atoms with Crippen molar-refractivity contribution in [3.8, 4) is 0 Å². The van der Waals surface area contributed by atoms with Crippen molar-refractivity contribution in [2.24, 2.45) is 11.3 Å². The molecule has 0 aliphatic carbocycles. The lowest BCUT2D eigenvalue weighted by molar-refractivity contribution is -0.143. The maximum Gasteiger partial charge on any atom is 0.305 e. The third-order valence-electron chi connectivity index (χ3n) is 4.55. The SMILES string of the molecule is CC1CCCC=CCCOC(=O)CCCC(=O)CC1(C)C. The van der Waals surface area contributed by atoms with E-state index in [4.69, 9.17) is 4.74 Å². The number of esters is 1. The number of ketones is 1. The van der Waals surface area contributed by atoms with Crippen LogP contribution in [0.15, 0.2) is 12.2 Å². The maximum absolute atomic E-state index is 12.1. The van der Waals surface area contributed by atoms with Gasteiger partial charge in [-0.2, -0.15) is 0 Å². The Morgan fingerprint density at radius 2 is 1.81 bits per heavy atom. The van der Waals surface area contributed by atoms with Crippen molar-refractivity contribution in [1.82, 2.24) is 0 Å². The summed E-state index contributed by atoms with van der Waals surface area (Å²) < 4.78 is 5.13. The summed E-state index contributed by atoms with van der Waals surface area (Å²) in [6.45, 7) is 7.07. The fourth-order valence-electron chi connectivity index (χ4n) is 2.68. The van der Waals surface area contributed by atoms with Crippen LogP contribution in [0.5, 0.6) is 0 Å². The summed E-state index contributed by atoms with van der Waals surface area (Å²) in [4.78, 5) is 23.6. The third-order valence-corrected chi connectivity index (χ3v) is 4.55. The van der Waals surface area contributed by atoms with Gasteiger partial charge < -0.3 is 4.74 Å². The van der Waals surface area contributed by atoms with Gasteiger partial charge in [-0.05, 0) is 43.4 Å². The summed E-state index contributed by atoms with van der Waals surface area (Å²) in [5, 5.41) is 0. The van der Waals surface area contributed by atoms with Crippen LogP contribution in [0.1, 0.15) is 72.1 Å². The zero-order valence-electron chi connectivity index (χ0n) is 13.8. The Balaban J connectivity index is 2.59. The van der Waals surface area contributed by atoms with E-state index in [9.17, 15) is 9.59 Å². The number of rotatable bonds is 0. The largest absolute Gasteiger partial charge is 0.465 e. The number of ether oxygens (including phenoxy) is 1. The summed E-state index contributed by atoms with van der Waals surface area (Å²) in [6.07, 6.45) is 10.5. The van der Waals surface area contributed by atoms with Crippen LogP contribution in [-0.4, -0.2) is 18.4 Å². The minimum absolute atomic E-state index is 0.0401. The molecule has 0 aromatic heterocycles. The number of carbonyl (C=O) groups is 2. The first-order chi connectivity index (χ1) is 9.92. The van der Waals surface area contributed by atoms with Gasteiger partial charge >= 0.3 is 5.97 Å². The standard InChI is InChI=1S/C18H30O3/c1-15-10-7-5-4-6-8-13-21-17(20)12-9-11-16(19)14-18(15,2)3/h4,6,15H,5,7-14H2,1-3H3. The minimum atomic E-state index is -0.184. The molecule has 3 heteroatoms. The molecule has 0 aromatic carbocycles. The molecule has 0 radical (unpaired) electrons. The normalized spacial score (nSPS) is 26.3. The Kier molecular flexibility index (Phi) is 7.69. The number of cyclic esters (lactones) is 1. The van der Waals surface area contributed by atoms with Crippen molar-refractivity contribution < 1.29 is 14.3 Å². The molecule has 1 heterocycles. The molecule has 1 aliphatic rings. The molecule has 120 valence electrons. The second-order valence-corrected chi connectivity index (χ2v) is 6.87. The van der Waals surface area contributed by atoms with E-state index in [1.807, 2.05) is 0 Å². The van der Waals surface area contributed by atoms with E-state index in [1.54, 1.807) is 0 Å². The molecule has 1 aliphatic heterocycles. The summed E-state index contributed by atoms with van der Waals surface area (Å²) in [6, 6.07) is 0. The van der Waals surface area contributed by atoms with E-state index in [-0.39, 0.29) is 17.2 Å². The number of hydrogen-bond acceptors (Lipinski definition) is 3. The van der Waals surface area contributed by atoms with Crippen LogP contribution in [0.4, 0.5) is 0 Å². The molecule has 1 unspecified atom stereocenters. The van der Waals surface area contributed by atoms with Crippen molar-refractivity contribution in [1.29, 1.82) is 0 Å². The van der Waals surface area contributed by atoms with Crippen molar-refractivity contribution >= 4 is 11.8 Å². The molecule has 0 amide bonds. The Hall–Kier alpha value is -1.12. The topological polar surface area (TPSA) is 43.4 Å². The molecule has 0 N–H and O–H groups in total. The predicted octanol–water partition coefficient (Wildman–Crippen LogP) is 4.45. The molecule has 0 fully saturated rings. The van der Waals surface area contributed by atoms with Crippen LogP contribution >= 0.6 is 0 Å². The van der Waals surface area contributed by atoms with Gasteiger partial charge in [-0.3, -0.25) is 9.59 Å². The Morgan fingerprint density at radius 1 is 1.10 bits per heavy atom. The van der Waals surface area contributed by atoms with Crippen LogP contribution in [-0.2, 0) is 14.3 Å². The van der Waals surface area contributed by atoms with E-state index in [0.717, 1.165) is 25.7 Å². The second-order valence-electron chi connectivity index (χ2n) is 6.87. The fourth-order valence-corrected chi connectivity index (χ4v) is 2.68. The molecule has 0 aromatic rings. The summed E-state index contributed by atoms with van der Waals surface area (Å²) in [5.74, 6) is 0.621. The van der Waals surface area contributed by atoms with Crippen molar-refractivity contribution in [2.45, 2.75) is 72.1 Å². The number of Topliss-reactive ketones (excluding diaryl/α,β-unsaturated/α-hetero) is 1. The molecular formula is C18H30O3. The molecule has 0 spiro atoms. The minimum Gasteiger partial charge on any atom is -0.465 e. The molecule has 21 heavy (non-hydrogen) atoms. The van der Waals surface area contributed by atoms with Crippen LogP contribution in [0, 0.1) is 11.3 Å². The molecule has 0 saturated heterocycles. The lowest BCUT2D eigenvalue weighted by atomic mass is 9.73. The molecule has 1 rings (SSSR count). The average molecular weight is 294 g/mol. The van der Waals surface area contributed by atoms with E-state index >= 15 is 0 Å². The maximum atomic E-state index is 12.1. The summed E-state index contributed by atoms with van der Waals surface area (Å²) in [5.41, 5.74) is 0.0401. The van der Waals surface area contributed by atoms with Gasteiger partial charge in [-0.15, -0.1) is 0 Å². The molecule has 0 bridgehead atoms. The van der Waals surface area contributed by atoms with E-state index in [2.05, 4.69) is 32.9 Å². The van der Waals surface area contributed by atoms with Gasteiger partial charge in [0.1, 0.15) is 5.78 Å². The monoisotopic (exact) mass is 294 g/mol. The van der Waals surface area contributed by atoms with Crippen molar-refractivity contribution in [3.05, 3.63) is 12.2 Å². The van der Waals surface area contributed by atoms with Crippen molar-refractivity contribution in [2.75, 3.05) is 6.61 Å². The van der Waals surface area contributed by atoms with Crippen LogP contribution in [0.2, 0.25) is 0 Å². The lowest BCUT2D eigenvalue weighted by Crippen LogP contribution is -2.25. The number of carbonyl (C=O) groups excluding carboxylic acids is 2. The highest BCUT2D eigenvalue weighted by Crippen LogP contribution is 2.34. The quantitative estimate of drug-likeness (QED) is 0.489. The first-order valence-electron chi connectivity index (χ1n) is 8.24. The van der Waals surface area contributed by atoms with Gasteiger partial charge in [0.05, 0.1) is 6.61 Å². The highest BCUT2D eigenvalue weighted by molar-refractivity contribution is 5.79. The van der Waals surface area contributed by atoms with Gasteiger partial charge in [-0.1, -0.05) is 32.9 Å². The van der Waals surface area contributed by atoms with Gasteiger partial charge in [0, 0.05) is 19.3 Å². The van der Waals surface area contributed by atoms with E-state index in [0.29, 0.717) is 38.2 Å². The highest BCUT2D eigenvalue weighted by atomic mass is 16.5. The first-order valence-corrected chi connectivity index (χ1v) is 8.24. The van der Waals surface area contributed by atoms with Gasteiger partial charge in [-0.25, -0.2) is 0 Å². The summed E-state index contributed by atoms with van der Waals surface area (Å²) in [7, 11) is 0. The molecule has 0 saturated carbocycles. The van der Waals surface area contributed by atoms with E-state index < -0.39 is 0 Å². The number of hydrogen-bond donors (Lipinski definition) is 0. The molecule has 1 atom stereocenters. The smallest absolute Gasteiger partial charge is 0.305 e. The Labute approximate surface area is 129 Å². The van der Waals surface area contributed by atoms with Gasteiger partial charge in [0.25, 0.3) is 0 Å². The third kappa shape index (κ3) is 7.45. The van der Waals surface area contributed by atoms with Gasteiger partial charge in [0.2, 0.25) is 0 Å². The first kappa shape index (κ1) is 17.9. The second kappa shape index (κ2) is 9.01. The Morgan fingerprint density at radius 3 is 2.57 bits per heavy atom. The average Bonchev–Trinajstić information content (AvgIpc) is 2.39. The molecule has 3 nitrogen and oxygen atoms in total. The van der Waals surface area contributed by atoms with E-state index in [1.165, 1.54) is 0 Å². The highest BCUT2D eigenvalue weighted by Gasteiger charge is 2.28. The zero-order valence-corrected chi connectivity index (χ0v) is 13.8. The Bertz CT molecular complexity index is 369. The van der Waals surface area contributed by atoms with Crippen LogP contribution in [0.25, 0.3) is 0 Å².